The zero-order valence-corrected chi connectivity index (χ0v) is 21.3. The van der Waals surface area contributed by atoms with Crippen molar-refractivity contribution in [2.45, 2.75) is 38.1 Å². The van der Waals surface area contributed by atoms with Crippen LogP contribution in [0, 0.1) is 11.3 Å². The van der Waals surface area contributed by atoms with Gasteiger partial charge in [0, 0.05) is 67.0 Å². The summed E-state index contributed by atoms with van der Waals surface area (Å²) in [6.45, 7) is 2.10. The Morgan fingerprint density at radius 2 is 2.03 bits per heavy atom. The number of carbonyl (C=O) groups is 2. The number of pyridine rings is 1. The number of fused-ring (bicyclic) bond motifs is 1. The zero-order valence-electron chi connectivity index (χ0n) is 20.5. The molecule has 0 atom stereocenters. The first-order valence-electron chi connectivity index (χ1n) is 12.5. The van der Waals surface area contributed by atoms with Gasteiger partial charge in [0.05, 0.1) is 23.9 Å². The highest BCUT2D eigenvalue weighted by molar-refractivity contribution is 7.09. The lowest BCUT2D eigenvalue weighted by molar-refractivity contribution is -0.131. The molecular formula is C28H28N6O2S. The van der Waals surface area contributed by atoms with Crippen LogP contribution in [-0.2, 0) is 17.8 Å². The van der Waals surface area contributed by atoms with Gasteiger partial charge in [-0.25, -0.2) is 4.98 Å². The van der Waals surface area contributed by atoms with Gasteiger partial charge in [-0.2, -0.15) is 5.26 Å². The van der Waals surface area contributed by atoms with Gasteiger partial charge in [0.2, 0.25) is 5.91 Å². The molecule has 0 radical (unpaired) electrons. The average Bonchev–Trinajstić information content (AvgIpc) is 3.59. The molecular weight excluding hydrogens is 484 g/mol. The van der Waals surface area contributed by atoms with Crippen molar-refractivity contribution in [1.29, 1.82) is 5.26 Å². The Kier molecular flexibility index (Phi) is 7.57. The lowest BCUT2D eigenvalue weighted by Crippen LogP contribution is -2.38. The zero-order chi connectivity index (χ0) is 25.6. The van der Waals surface area contributed by atoms with E-state index in [1.165, 1.54) is 11.3 Å². The molecule has 0 aliphatic carbocycles. The Hall–Kier alpha value is -4.03. The molecule has 9 heteroatoms. The van der Waals surface area contributed by atoms with Crippen LogP contribution < -0.4 is 0 Å². The molecule has 2 amide bonds. The highest BCUT2D eigenvalue weighted by Gasteiger charge is 2.27. The molecule has 8 nitrogen and oxygen atoms in total. The molecule has 0 unspecified atom stereocenters. The predicted octanol–water partition coefficient (Wildman–Crippen LogP) is 4.52. The van der Waals surface area contributed by atoms with Crippen molar-refractivity contribution in [3.05, 3.63) is 82.2 Å². The standard InChI is InChI=1S/C28H28N6O2S/c29-10-4-12-34(18-20-5-3-11-30-16-20)28(36)25-19-37-27(32-25)21-8-13-33(14-9-21)26(35)15-22-17-31-24-7-2-1-6-23(22)24/h1-3,5-7,11,16-17,19,21,31H,4,8-9,12-15,18H2. The minimum Gasteiger partial charge on any atom is -0.361 e. The Morgan fingerprint density at radius 3 is 2.81 bits per heavy atom. The molecule has 0 saturated carbocycles. The van der Waals surface area contributed by atoms with Crippen LogP contribution in [0.15, 0.2) is 60.4 Å². The third-order valence-corrected chi connectivity index (χ3v) is 7.84. The van der Waals surface area contributed by atoms with Crippen LogP contribution in [0.1, 0.15) is 51.8 Å². The molecule has 1 aliphatic rings. The SMILES string of the molecule is N#CCCN(Cc1cccnc1)C(=O)c1csc(C2CCN(C(=O)Cc3c[nH]c4ccccc34)CC2)n1. The lowest BCUT2D eigenvalue weighted by Gasteiger charge is -2.31. The number of nitriles is 1. The fourth-order valence-corrected chi connectivity index (χ4v) is 5.78. The van der Waals surface area contributed by atoms with Crippen molar-refractivity contribution in [2.24, 2.45) is 0 Å². The van der Waals surface area contributed by atoms with Crippen LogP contribution in [0.2, 0.25) is 0 Å². The molecule has 0 spiro atoms. The number of piperidine rings is 1. The Labute approximate surface area is 219 Å². The normalized spacial score (nSPS) is 14.0. The summed E-state index contributed by atoms with van der Waals surface area (Å²) in [5, 5.41) is 12.9. The molecule has 4 aromatic rings. The number of H-pyrrole nitrogens is 1. The molecule has 0 bridgehead atoms. The van der Waals surface area contributed by atoms with E-state index in [1.54, 1.807) is 17.3 Å². The third-order valence-electron chi connectivity index (χ3n) is 6.83. The number of hydrogen-bond acceptors (Lipinski definition) is 6. The first kappa shape index (κ1) is 24.7. The first-order chi connectivity index (χ1) is 18.1. The van der Waals surface area contributed by atoms with Gasteiger partial charge in [-0.05, 0) is 36.1 Å². The number of para-hydroxylation sites is 1. The number of nitrogens with zero attached hydrogens (tertiary/aromatic N) is 5. The maximum Gasteiger partial charge on any atom is 0.273 e. The average molecular weight is 513 g/mol. The molecule has 1 aromatic carbocycles. The highest BCUT2D eigenvalue weighted by atomic mass is 32.1. The third kappa shape index (κ3) is 5.70. The van der Waals surface area contributed by atoms with Gasteiger partial charge in [0.15, 0.2) is 0 Å². The van der Waals surface area contributed by atoms with Gasteiger partial charge in [-0.3, -0.25) is 14.6 Å². The second-order valence-electron chi connectivity index (χ2n) is 9.26. The molecule has 5 rings (SSSR count). The van der Waals surface area contributed by atoms with Gasteiger partial charge in [0.1, 0.15) is 5.69 Å². The number of likely N-dealkylation sites (tertiary alicyclic amines) is 1. The molecule has 4 heterocycles. The quantitative estimate of drug-likeness (QED) is 0.374. The van der Waals surface area contributed by atoms with Crippen molar-refractivity contribution in [1.82, 2.24) is 24.8 Å². The van der Waals surface area contributed by atoms with Crippen molar-refractivity contribution in [2.75, 3.05) is 19.6 Å². The van der Waals surface area contributed by atoms with E-state index in [-0.39, 0.29) is 24.2 Å². The van der Waals surface area contributed by atoms with Gasteiger partial charge >= 0.3 is 0 Å². The molecule has 1 fully saturated rings. The summed E-state index contributed by atoms with van der Waals surface area (Å²) in [6.07, 6.45) is 7.65. The van der Waals surface area contributed by atoms with E-state index < -0.39 is 0 Å². The molecule has 1 saturated heterocycles. The summed E-state index contributed by atoms with van der Waals surface area (Å²) < 4.78 is 0. The van der Waals surface area contributed by atoms with Crippen LogP contribution in [0.4, 0.5) is 0 Å². The van der Waals surface area contributed by atoms with Crippen molar-refractivity contribution < 1.29 is 9.59 Å². The molecule has 3 aromatic heterocycles. The summed E-state index contributed by atoms with van der Waals surface area (Å²) in [4.78, 5) is 41.9. The number of aromatic nitrogens is 3. The van der Waals surface area contributed by atoms with Crippen LogP contribution in [0.25, 0.3) is 10.9 Å². The van der Waals surface area contributed by atoms with E-state index in [9.17, 15) is 9.59 Å². The molecule has 1 aliphatic heterocycles. The minimum atomic E-state index is -0.173. The fourth-order valence-electron chi connectivity index (χ4n) is 4.81. The number of nitrogens with one attached hydrogen (secondary N) is 1. The van der Waals surface area contributed by atoms with Crippen LogP contribution in [-0.4, -0.2) is 56.2 Å². The Balaban J connectivity index is 1.19. The van der Waals surface area contributed by atoms with E-state index in [0.29, 0.717) is 38.3 Å². The number of carbonyl (C=O) groups excluding carboxylic acids is 2. The van der Waals surface area contributed by atoms with E-state index >= 15 is 0 Å². The second kappa shape index (κ2) is 11.4. The van der Waals surface area contributed by atoms with Gasteiger partial charge < -0.3 is 14.8 Å². The number of aromatic amines is 1. The van der Waals surface area contributed by atoms with Crippen molar-refractivity contribution in [3.63, 3.8) is 0 Å². The van der Waals surface area contributed by atoms with E-state index in [2.05, 4.69) is 16.0 Å². The maximum atomic E-state index is 13.2. The van der Waals surface area contributed by atoms with E-state index in [4.69, 9.17) is 10.2 Å². The maximum absolute atomic E-state index is 13.2. The van der Waals surface area contributed by atoms with Gasteiger partial charge in [-0.15, -0.1) is 11.3 Å². The summed E-state index contributed by atoms with van der Waals surface area (Å²) in [5.41, 5.74) is 3.40. The number of benzene rings is 1. The summed E-state index contributed by atoms with van der Waals surface area (Å²) in [5.74, 6) is 0.198. The van der Waals surface area contributed by atoms with Crippen molar-refractivity contribution in [3.8, 4) is 6.07 Å². The van der Waals surface area contributed by atoms with Crippen LogP contribution in [0.5, 0.6) is 0 Å². The largest absolute Gasteiger partial charge is 0.361 e. The van der Waals surface area contributed by atoms with E-state index in [0.717, 1.165) is 39.9 Å². The number of amides is 2. The second-order valence-corrected chi connectivity index (χ2v) is 10.1. The molecule has 188 valence electrons. The lowest BCUT2D eigenvalue weighted by atomic mass is 9.97. The van der Waals surface area contributed by atoms with Gasteiger partial charge in [-0.1, -0.05) is 24.3 Å². The van der Waals surface area contributed by atoms with Gasteiger partial charge in [0.25, 0.3) is 5.91 Å². The summed E-state index contributed by atoms with van der Waals surface area (Å²) >= 11 is 1.50. The number of rotatable bonds is 8. The summed E-state index contributed by atoms with van der Waals surface area (Å²) in [6, 6.07) is 13.9. The van der Waals surface area contributed by atoms with E-state index in [1.807, 2.05) is 52.9 Å². The van der Waals surface area contributed by atoms with Crippen LogP contribution >= 0.6 is 11.3 Å². The molecule has 37 heavy (non-hydrogen) atoms. The number of hydrogen-bond donors (Lipinski definition) is 1. The highest BCUT2D eigenvalue weighted by Crippen LogP contribution is 2.31. The first-order valence-corrected chi connectivity index (χ1v) is 13.3. The molecule has 1 N–H and O–H groups in total. The fraction of sp³-hybridized carbons (Fsp3) is 0.321. The monoisotopic (exact) mass is 512 g/mol. The van der Waals surface area contributed by atoms with Crippen LogP contribution in [0.3, 0.4) is 0 Å². The Morgan fingerprint density at radius 1 is 1.19 bits per heavy atom. The summed E-state index contributed by atoms with van der Waals surface area (Å²) in [7, 11) is 0. The van der Waals surface area contributed by atoms with Crippen molar-refractivity contribution >= 4 is 34.1 Å². The smallest absolute Gasteiger partial charge is 0.273 e. The topological polar surface area (TPSA) is 106 Å². The Bertz CT molecular complexity index is 1420. The minimum absolute atomic E-state index is 0.141. The predicted molar refractivity (Wildman–Crippen MR) is 142 cm³/mol. The number of thiazole rings is 1.